The van der Waals surface area contributed by atoms with Crippen molar-refractivity contribution in [2.75, 3.05) is 13.2 Å². The van der Waals surface area contributed by atoms with Gasteiger partial charge in [-0.15, -0.1) is 0 Å². The van der Waals surface area contributed by atoms with E-state index in [0.717, 1.165) is 12.8 Å². The lowest BCUT2D eigenvalue weighted by molar-refractivity contribution is 0.0949. The Morgan fingerprint density at radius 2 is 2.14 bits per heavy atom. The van der Waals surface area contributed by atoms with E-state index in [2.05, 4.69) is 20.2 Å². The molecule has 1 aromatic heterocycles. The summed E-state index contributed by atoms with van der Waals surface area (Å²) in [4.78, 5) is 12.4. The number of aromatic amines is 1. The van der Waals surface area contributed by atoms with E-state index in [1.54, 1.807) is 4.57 Å². The van der Waals surface area contributed by atoms with Crippen molar-refractivity contribution in [2.45, 2.75) is 43.9 Å². The summed E-state index contributed by atoms with van der Waals surface area (Å²) in [7, 11) is -3.64. The first-order valence-electron chi connectivity index (χ1n) is 9.04. The van der Waals surface area contributed by atoms with Crippen LogP contribution in [0.3, 0.4) is 0 Å². The molecule has 3 N–H and O–H groups in total. The lowest BCUT2D eigenvalue weighted by Gasteiger charge is -2.12. The summed E-state index contributed by atoms with van der Waals surface area (Å²) in [5.74, 6) is 0.297. The number of carbonyl (C=O) groups is 1. The Labute approximate surface area is 168 Å². The van der Waals surface area contributed by atoms with Gasteiger partial charge in [-0.1, -0.05) is 0 Å². The Kier molecular flexibility index (Phi) is 6.60. The minimum Gasteiger partial charge on any atom is -0.377 e. The molecule has 1 saturated heterocycles. The molecule has 1 unspecified atom stereocenters. The summed E-state index contributed by atoms with van der Waals surface area (Å²) < 4.78 is 35.0. The van der Waals surface area contributed by atoms with Crippen molar-refractivity contribution in [3.05, 3.63) is 40.4 Å². The summed E-state index contributed by atoms with van der Waals surface area (Å²) >= 11 is 5.11. The molecule has 1 aromatic carbocycles. The van der Waals surface area contributed by atoms with E-state index in [0.29, 0.717) is 29.3 Å². The van der Waals surface area contributed by atoms with Crippen molar-refractivity contribution in [1.29, 1.82) is 0 Å². The molecular weight excluding hydrogens is 402 g/mol. The van der Waals surface area contributed by atoms with E-state index in [-0.39, 0.29) is 30.0 Å². The van der Waals surface area contributed by atoms with Crippen LogP contribution in [0.2, 0.25) is 0 Å². The fourth-order valence-corrected chi connectivity index (χ4v) is 4.30. The number of rotatable bonds is 8. The first kappa shape index (κ1) is 20.6. The number of H-pyrrole nitrogens is 1. The third-order valence-electron chi connectivity index (χ3n) is 4.51. The number of sulfonamides is 1. The summed E-state index contributed by atoms with van der Waals surface area (Å²) in [6.07, 6.45) is 1.71. The van der Waals surface area contributed by atoms with Crippen LogP contribution in [0.1, 0.15) is 35.9 Å². The lowest BCUT2D eigenvalue weighted by atomic mass is 10.2. The first-order chi connectivity index (χ1) is 13.4. The molecule has 0 bridgehead atoms. The summed E-state index contributed by atoms with van der Waals surface area (Å²) in [6.45, 7) is 3.70. The van der Waals surface area contributed by atoms with E-state index in [1.165, 1.54) is 24.3 Å². The second kappa shape index (κ2) is 8.95. The van der Waals surface area contributed by atoms with Gasteiger partial charge in [-0.3, -0.25) is 9.89 Å². The minimum atomic E-state index is -3.64. The normalized spacial score (nSPS) is 17.0. The summed E-state index contributed by atoms with van der Waals surface area (Å²) in [5.41, 5.74) is 0.357. The Morgan fingerprint density at radius 1 is 1.39 bits per heavy atom. The molecule has 9 nitrogen and oxygen atoms in total. The fraction of sp³-hybridized carbons (Fsp3) is 0.471. The molecule has 1 atom stereocenters. The van der Waals surface area contributed by atoms with E-state index in [9.17, 15) is 13.2 Å². The van der Waals surface area contributed by atoms with Gasteiger partial charge in [0.15, 0.2) is 10.6 Å². The number of amides is 1. The van der Waals surface area contributed by atoms with Gasteiger partial charge in [0.25, 0.3) is 5.91 Å². The Morgan fingerprint density at radius 3 is 2.79 bits per heavy atom. The summed E-state index contributed by atoms with van der Waals surface area (Å²) in [6, 6.07) is 5.78. The van der Waals surface area contributed by atoms with Crippen molar-refractivity contribution in [1.82, 2.24) is 24.8 Å². The highest BCUT2D eigenvalue weighted by molar-refractivity contribution is 7.89. The zero-order valence-electron chi connectivity index (χ0n) is 15.5. The van der Waals surface area contributed by atoms with Gasteiger partial charge in [0.05, 0.1) is 17.5 Å². The topological polar surface area (TPSA) is 118 Å². The van der Waals surface area contributed by atoms with Gasteiger partial charge >= 0.3 is 0 Å². The van der Waals surface area contributed by atoms with Gasteiger partial charge in [0.1, 0.15) is 0 Å². The van der Waals surface area contributed by atoms with E-state index < -0.39 is 10.0 Å². The molecule has 1 aliphatic heterocycles. The molecule has 0 spiro atoms. The molecule has 152 valence electrons. The van der Waals surface area contributed by atoms with Crippen LogP contribution in [0, 0.1) is 4.77 Å². The van der Waals surface area contributed by atoms with Crippen LogP contribution in [0.5, 0.6) is 0 Å². The van der Waals surface area contributed by atoms with Crippen LogP contribution in [0.25, 0.3) is 0 Å². The number of nitrogens with zero attached hydrogens (tertiary/aromatic N) is 2. The maximum Gasteiger partial charge on any atom is 0.251 e. The largest absolute Gasteiger partial charge is 0.377 e. The number of nitrogens with one attached hydrogen (secondary N) is 3. The quantitative estimate of drug-likeness (QED) is 0.550. The number of ether oxygens (including phenoxy) is 1. The standard InChI is InChI=1S/C17H23N5O4S2/c1-2-22-15(20-21-17(22)27)11-18-16(23)12-5-7-14(8-6-12)28(24,25)19-10-13-4-3-9-26-13/h5-8,13,19H,2-4,9-11H2,1H3,(H,18,23)(H,21,27). The van der Waals surface area contributed by atoms with Gasteiger partial charge in [-0.05, 0) is 56.2 Å². The molecule has 11 heteroatoms. The number of benzene rings is 1. The molecule has 2 heterocycles. The average molecular weight is 426 g/mol. The maximum atomic E-state index is 12.4. The molecule has 1 aliphatic rings. The third-order valence-corrected chi connectivity index (χ3v) is 6.26. The first-order valence-corrected chi connectivity index (χ1v) is 10.9. The van der Waals surface area contributed by atoms with Crippen LogP contribution in [-0.2, 0) is 27.8 Å². The molecule has 0 aliphatic carbocycles. The zero-order chi connectivity index (χ0) is 20.1. The van der Waals surface area contributed by atoms with Gasteiger partial charge in [-0.2, -0.15) is 5.10 Å². The molecule has 28 heavy (non-hydrogen) atoms. The van der Waals surface area contributed by atoms with Crippen LogP contribution in [0.4, 0.5) is 0 Å². The number of hydrogen-bond donors (Lipinski definition) is 3. The second-order valence-electron chi connectivity index (χ2n) is 6.38. The second-order valence-corrected chi connectivity index (χ2v) is 8.54. The molecule has 1 fully saturated rings. The minimum absolute atomic E-state index is 0.0802. The van der Waals surface area contributed by atoms with Crippen molar-refractivity contribution in [2.24, 2.45) is 0 Å². The van der Waals surface area contributed by atoms with Crippen molar-refractivity contribution >= 4 is 28.1 Å². The highest BCUT2D eigenvalue weighted by Crippen LogP contribution is 2.14. The molecular formula is C17H23N5O4S2. The molecule has 1 amide bonds. The van der Waals surface area contributed by atoms with Crippen molar-refractivity contribution in [3.8, 4) is 0 Å². The van der Waals surface area contributed by atoms with E-state index in [1.807, 2.05) is 6.92 Å². The molecule has 0 saturated carbocycles. The van der Waals surface area contributed by atoms with Gasteiger partial charge in [0, 0.05) is 25.3 Å². The van der Waals surface area contributed by atoms with Crippen LogP contribution in [0.15, 0.2) is 29.2 Å². The van der Waals surface area contributed by atoms with Crippen molar-refractivity contribution < 1.29 is 17.9 Å². The molecule has 3 rings (SSSR count). The highest BCUT2D eigenvalue weighted by atomic mass is 32.2. The predicted molar refractivity (Wildman–Crippen MR) is 105 cm³/mol. The predicted octanol–water partition coefficient (Wildman–Crippen LogP) is 1.35. The number of aromatic nitrogens is 3. The maximum absolute atomic E-state index is 12.4. The SMILES string of the molecule is CCn1c(CNC(=O)c2ccc(S(=O)(=O)NCC3CCCO3)cc2)n[nH]c1=S. The zero-order valence-corrected chi connectivity index (χ0v) is 17.1. The van der Waals surface area contributed by atoms with Gasteiger partial charge < -0.3 is 14.6 Å². The number of hydrogen-bond acceptors (Lipinski definition) is 6. The fourth-order valence-electron chi connectivity index (χ4n) is 2.95. The lowest BCUT2D eigenvalue weighted by Crippen LogP contribution is -2.31. The monoisotopic (exact) mass is 425 g/mol. The Bertz CT molecular complexity index is 976. The Hall–Kier alpha value is -2.08. The van der Waals surface area contributed by atoms with Crippen LogP contribution >= 0.6 is 12.2 Å². The smallest absolute Gasteiger partial charge is 0.251 e. The van der Waals surface area contributed by atoms with Crippen molar-refractivity contribution in [3.63, 3.8) is 0 Å². The Balaban J connectivity index is 1.59. The van der Waals surface area contributed by atoms with E-state index in [4.69, 9.17) is 17.0 Å². The highest BCUT2D eigenvalue weighted by Gasteiger charge is 2.20. The van der Waals surface area contributed by atoms with E-state index >= 15 is 0 Å². The van der Waals surface area contributed by atoms with Crippen LogP contribution in [-0.4, -0.2) is 48.3 Å². The average Bonchev–Trinajstić information content (AvgIpc) is 3.34. The summed E-state index contributed by atoms with van der Waals surface area (Å²) in [5, 5.41) is 9.53. The molecule has 0 radical (unpaired) electrons. The van der Waals surface area contributed by atoms with Gasteiger partial charge in [-0.25, -0.2) is 13.1 Å². The van der Waals surface area contributed by atoms with Crippen LogP contribution < -0.4 is 10.0 Å². The molecule has 2 aromatic rings. The van der Waals surface area contributed by atoms with Gasteiger partial charge in [0.2, 0.25) is 10.0 Å². The third kappa shape index (κ3) is 4.85. The number of carbonyl (C=O) groups excluding carboxylic acids is 1.